The van der Waals surface area contributed by atoms with Gasteiger partial charge in [-0.05, 0) is 18.8 Å². The quantitative estimate of drug-likeness (QED) is 0.847. The fourth-order valence-electron chi connectivity index (χ4n) is 1.52. The van der Waals surface area contributed by atoms with E-state index in [1.165, 1.54) is 6.20 Å². The largest absolute Gasteiger partial charge is 0.478 e. The maximum absolute atomic E-state index is 11.0. The molecule has 1 saturated carbocycles. The monoisotopic (exact) mass is 236 g/mol. The fraction of sp³-hybridized carbons (Fsp3) is 0.583. The van der Waals surface area contributed by atoms with Gasteiger partial charge in [0, 0.05) is 12.1 Å². The molecule has 0 bridgehead atoms. The van der Waals surface area contributed by atoms with Crippen LogP contribution in [0.25, 0.3) is 0 Å². The van der Waals surface area contributed by atoms with E-state index in [2.05, 4.69) is 9.97 Å². The highest BCUT2D eigenvalue weighted by Crippen LogP contribution is 2.40. The predicted octanol–water partition coefficient (Wildman–Crippen LogP) is 2.09. The molecule has 0 saturated heterocycles. The number of carboxylic acids is 1. The summed E-state index contributed by atoms with van der Waals surface area (Å²) in [5.41, 5.74) is 0.815. The van der Waals surface area contributed by atoms with Crippen LogP contribution in [0, 0.1) is 5.92 Å². The number of hydrogen-bond donors (Lipinski definition) is 1. The molecule has 1 aromatic rings. The van der Waals surface area contributed by atoms with Gasteiger partial charge in [-0.2, -0.15) is 4.98 Å². The first-order valence-electron chi connectivity index (χ1n) is 5.81. The van der Waals surface area contributed by atoms with Crippen LogP contribution in [0.5, 0.6) is 6.01 Å². The molecule has 1 aliphatic rings. The first-order chi connectivity index (χ1) is 8.08. The zero-order chi connectivity index (χ0) is 12.4. The standard InChI is InChI=1S/C12H16N2O3/c1-7(2)6-17-12-13-5-9(11(15)16)10(14-12)8-3-4-8/h5,7-8H,3-4,6H2,1-2H3,(H,15,16). The van der Waals surface area contributed by atoms with Crippen molar-refractivity contribution in [2.24, 2.45) is 5.92 Å². The van der Waals surface area contributed by atoms with Crippen LogP contribution in [0.2, 0.25) is 0 Å². The molecule has 1 N–H and O–H groups in total. The average Bonchev–Trinajstić information content (AvgIpc) is 3.09. The molecule has 92 valence electrons. The van der Waals surface area contributed by atoms with Crippen molar-refractivity contribution in [1.82, 2.24) is 9.97 Å². The van der Waals surface area contributed by atoms with Gasteiger partial charge in [-0.25, -0.2) is 9.78 Å². The molecule has 0 amide bonds. The summed E-state index contributed by atoms with van der Waals surface area (Å²) in [5, 5.41) is 9.03. The van der Waals surface area contributed by atoms with E-state index in [4.69, 9.17) is 9.84 Å². The molecular weight excluding hydrogens is 220 g/mol. The van der Waals surface area contributed by atoms with Crippen LogP contribution in [0.15, 0.2) is 6.20 Å². The Kier molecular flexibility index (Phi) is 3.26. The second-order valence-electron chi connectivity index (χ2n) is 4.74. The summed E-state index contributed by atoms with van der Waals surface area (Å²) in [6, 6.07) is 0.283. The third kappa shape index (κ3) is 2.93. The normalized spacial score (nSPS) is 15.0. The summed E-state index contributed by atoms with van der Waals surface area (Å²) < 4.78 is 5.41. The number of nitrogens with zero attached hydrogens (tertiary/aromatic N) is 2. The summed E-state index contributed by atoms with van der Waals surface area (Å²) in [5.74, 6) is -0.310. The van der Waals surface area contributed by atoms with E-state index in [-0.39, 0.29) is 17.5 Å². The molecule has 1 aliphatic carbocycles. The summed E-state index contributed by atoms with van der Waals surface area (Å²) in [7, 11) is 0. The average molecular weight is 236 g/mol. The van der Waals surface area contributed by atoms with Gasteiger partial charge in [-0.1, -0.05) is 13.8 Å². The van der Waals surface area contributed by atoms with Gasteiger partial charge < -0.3 is 9.84 Å². The molecule has 5 nitrogen and oxygen atoms in total. The summed E-state index contributed by atoms with van der Waals surface area (Å²) in [4.78, 5) is 19.2. The van der Waals surface area contributed by atoms with Gasteiger partial charge in [0.2, 0.25) is 0 Å². The molecule has 17 heavy (non-hydrogen) atoms. The molecule has 1 heterocycles. The highest BCUT2D eigenvalue weighted by molar-refractivity contribution is 5.88. The molecule has 0 radical (unpaired) electrons. The Morgan fingerprint density at radius 2 is 2.29 bits per heavy atom. The lowest BCUT2D eigenvalue weighted by Crippen LogP contribution is -2.11. The molecule has 0 aromatic carbocycles. The van der Waals surface area contributed by atoms with E-state index < -0.39 is 5.97 Å². The minimum Gasteiger partial charge on any atom is -0.478 e. The zero-order valence-electron chi connectivity index (χ0n) is 10.0. The Labute approximate surface area is 99.9 Å². The van der Waals surface area contributed by atoms with E-state index in [0.717, 1.165) is 12.8 Å². The van der Waals surface area contributed by atoms with Gasteiger partial charge in [-0.15, -0.1) is 0 Å². The molecule has 1 aromatic heterocycles. The van der Waals surface area contributed by atoms with Crippen LogP contribution in [0.4, 0.5) is 0 Å². The van der Waals surface area contributed by atoms with Crippen molar-refractivity contribution in [3.63, 3.8) is 0 Å². The Hall–Kier alpha value is -1.65. The summed E-state index contributed by atoms with van der Waals surface area (Å²) in [6.07, 6.45) is 3.35. The van der Waals surface area contributed by atoms with E-state index in [9.17, 15) is 4.79 Å². The fourth-order valence-corrected chi connectivity index (χ4v) is 1.52. The van der Waals surface area contributed by atoms with Gasteiger partial charge in [0.05, 0.1) is 17.9 Å². The minimum atomic E-state index is -0.970. The third-order valence-electron chi connectivity index (χ3n) is 2.54. The van der Waals surface area contributed by atoms with Gasteiger partial charge in [0.1, 0.15) is 0 Å². The van der Waals surface area contributed by atoms with Gasteiger partial charge >= 0.3 is 12.0 Å². The third-order valence-corrected chi connectivity index (χ3v) is 2.54. The van der Waals surface area contributed by atoms with E-state index in [1.807, 2.05) is 13.8 Å². The zero-order valence-corrected chi connectivity index (χ0v) is 10.0. The topological polar surface area (TPSA) is 72.3 Å². The van der Waals surface area contributed by atoms with Crippen molar-refractivity contribution in [2.75, 3.05) is 6.61 Å². The summed E-state index contributed by atoms with van der Waals surface area (Å²) >= 11 is 0. The van der Waals surface area contributed by atoms with Crippen molar-refractivity contribution in [3.05, 3.63) is 17.5 Å². The number of hydrogen-bond acceptors (Lipinski definition) is 4. The lowest BCUT2D eigenvalue weighted by Gasteiger charge is -2.09. The lowest BCUT2D eigenvalue weighted by molar-refractivity contribution is 0.0694. The van der Waals surface area contributed by atoms with Gasteiger partial charge in [0.15, 0.2) is 0 Å². The second kappa shape index (κ2) is 4.69. The molecule has 0 spiro atoms. The number of aromatic carboxylic acids is 1. The maximum atomic E-state index is 11.0. The van der Waals surface area contributed by atoms with Crippen molar-refractivity contribution in [3.8, 4) is 6.01 Å². The Balaban J connectivity index is 2.20. The molecule has 0 unspecified atom stereocenters. The number of ether oxygens (including phenoxy) is 1. The van der Waals surface area contributed by atoms with Gasteiger partial charge in [-0.3, -0.25) is 0 Å². The lowest BCUT2D eigenvalue weighted by atomic mass is 10.1. The van der Waals surface area contributed by atoms with Crippen molar-refractivity contribution < 1.29 is 14.6 Å². The van der Waals surface area contributed by atoms with Crippen LogP contribution >= 0.6 is 0 Å². The minimum absolute atomic E-state index is 0.199. The number of rotatable bonds is 5. The van der Waals surface area contributed by atoms with E-state index in [1.54, 1.807) is 0 Å². The van der Waals surface area contributed by atoms with E-state index >= 15 is 0 Å². The highest BCUT2D eigenvalue weighted by Gasteiger charge is 2.30. The predicted molar refractivity (Wildman–Crippen MR) is 61.3 cm³/mol. The van der Waals surface area contributed by atoms with Crippen LogP contribution in [0.1, 0.15) is 48.7 Å². The first kappa shape index (κ1) is 11.8. The molecule has 5 heteroatoms. The number of aromatic nitrogens is 2. The smallest absolute Gasteiger partial charge is 0.339 e. The molecule has 2 rings (SSSR count). The Bertz CT molecular complexity index is 428. The van der Waals surface area contributed by atoms with E-state index in [0.29, 0.717) is 18.2 Å². The second-order valence-corrected chi connectivity index (χ2v) is 4.74. The van der Waals surface area contributed by atoms with Crippen molar-refractivity contribution in [2.45, 2.75) is 32.6 Å². The van der Waals surface area contributed by atoms with Crippen molar-refractivity contribution >= 4 is 5.97 Å². The maximum Gasteiger partial charge on any atom is 0.339 e. The number of carbonyl (C=O) groups is 1. The molecule has 0 atom stereocenters. The number of carboxylic acid groups (broad SMARTS) is 1. The van der Waals surface area contributed by atoms with Crippen LogP contribution in [-0.2, 0) is 0 Å². The highest BCUT2D eigenvalue weighted by atomic mass is 16.5. The summed E-state index contributed by atoms with van der Waals surface area (Å²) in [6.45, 7) is 4.61. The van der Waals surface area contributed by atoms with Crippen molar-refractivity contribution in [1.29, 1.82) is 0 Å². The molecular formula is C12H16N2O3. The Morgan fingerprint density at radius 1 is 1.59 bits per heavy atom. The van der Waals surface area contributed by atoms with Gasteiger partial charge in [0.25, 0.3) is 0 Å². The first-order valence-corrected chi connectivity index (χ1v) is 5.81. The van der Waals surface area contributed by atoms with Crippen LogP contribution in [0.3, 0.4) is 0 Å². The van der Waals surface area contributed by atoms with Crippen LogP contribution in [-0.4, -0.2) is 27.7 Å². The Morgan fingerprint density at radius 3 is 2.82 bits per heavy atom. The molecule has 1 fully saturated rings. The SMILES string of the molecule is CC(C)COc1ncc(C(=O)O)c(C2CC2)n1. The molecule has 0 aliphatic heterocycles. The van der Waals surface area contributed by atoms with Crippen LogP contribution < -0.4 is 4.74 Å².